The highest BCUT2D eigenvalue weighted by Crippen LogP contribution is 2.36. The Labute approximate surface area is 123 Å². The third-order valence-electron chi connectivity index (χ3n) is 3.89. The molecule has 1 aromatic heterocycles. The third-order valence-corrected chi connectivity index (χ3v) is 5.08. The molecule has 2 aliphatic rings. The van der Waals surface area contributed by atoms with Gasteiger partial charge in [0, 0.05) is 18.0 Å². The molecule has 1 fully saturated rings. The number of aryl methyl sites for hydroxylation is 1. The van der Waals surface area contributed by atoms with Gasteiger partial charge in [0.2, 0.25) is 5.91 Å². The van der Waals surface area contributed by atoms with Crippen LogP contribution in [-0.4, -0.2) is 37.1 Å². The number of fused-ring (bicyclic) bond motifs is 1. The Bertz CT molecular complexity index is 488. The zero-order valence-corrected chi connectivity index (χ0v) is 12.8. The molecular formula is C14H22N4OS. The van der Waals surface area contributed by atoms with Crippen molar-refractivity contribution >= 4 is 22.4 Å². The van der Waals surface area contributed by atoms with E-state index in [0.717, 1.165) is 37.6 Å². The number of anilines is 1. The van der Waals surface area contributed by atoms with E-state index in [2.05, 4.69) is 22.5 Å². The van der Waals surface area contributed by atoms with Gasteiger partial charge in [0.25, 0.3) is 0 Å². The molecule has 0 bridgehead atoms. The van der Waals surface area contributed by atoms with Crippen LogP contribution in [0.2, 0.25) is 0 Å². The lowest BCUT2D eigenvalue weighted by Gasteiger charge is -2.26. The molecule has 1 aromatic rings. The zero-order valence-electron chi connectivity index (χ0n) is 11.9. The molecule has 1 aliphatic carbocycles. The van der Waals surface area contributed by atoms with Gasteiger partial charge in [-0.25, -0.2) is 4.98 Å². The van der Waals surface area contributed by atoms with Gasteiger partial charge in [-0.05, 0) is 32.2 Å². The van der Waals surface area contributed by atoms with E-state index in [1.807, 2.05) is 0 Å². The van der Waals surface area contributed by atoms with Crippen molar-refractivity contribution in [2.75, 3.05) is 31.1 Å². The van der Waals surface area contributed by atoms with Crippen LogP contribution in [0.5, 0.6) is 0 Å². The first-order valence-electron chi connectivity index (χ1n) is 7.52. The molecule has 6 heteroatoms. The van der Waals surface area contributed by atoms with Crippen molar-refractivity contribution < 1.29 is 4.79 Å². The maximum Gasteiger partial charge on any atom is 0.239 e. The normalized spacial score (nSPS) is 22.6. The summed E-state index contributed by atoms with van der Waals surface area (Å²) in [5, 5.41) is 7.49. The maximum atomic E-state index is 11.5. The number of aromatic nitrogens is 1. The average molecular weight is 294 g/mol. The molecule has 110 valence electrons. The number of rotatable bonds is 4. The van der Waals surface area contributed by atoms with Gasteiger partial charge in [0.1, 0.15) is 0 Å². The zero-order chi connectivity index (χ0) is 13.9. The molecule has 1 amide bonds. The minimum Gasteiger partial charge on any atom is -0.353 e. The molecule has 0 radical (unpaired) electrons. The molecule has 1 unspecified atom stereocenters. The van der Waals surface area contributed by atoms with Crippen LogP contribution in [0.1, 0.15) is 42.8 Å². The molecule has 2 heterocycles. The first-order valence-corrected chi connectivity index (χ1v) is 8.34. The standard InChI is InChI=1S/C14H22N4OS/c1-2-6-15-10-4-3-5-11-13(10)17-14(20-11)18-8-7-16-12(19)9-18/h10,15H,2-9H2,1H3,(H,16,19). The topological polar surface area (TPSA) is 57.3 Å². The number of nitrogens with one attached hydrogen (secondary N) is 2. The van der Waals surface area contributed by atoms with Crippen molar-refractivity contribution in [1.82, 2.24) is 15.6 Å². The number of hydrogen-bond donors (Lipinski definition) is 2. The molecule has 1 aliphatic heterocycles. The Morgan fingerprint density at radius 2 is 2.45 bits per heavy atom. The van der Waals surface area contributed by atoms with E-state index in [9.17, 15) is 4.79 Å². The van der Waals surface area contributed by atoms with Crippen LogP contribution < -0.4 is 15.5 Å². The van der Waals surface area contributed by atoms with Crippen LogP contribution in [0.25, 0.3) is 0 Å². The van der Waals surface area contributed by atoms with E-state index in [1.165, 1.54) is 23.4 Å². The summed E-state index contributed by atoms with van der Waals surface area (Å²) in [6.07, 6.45) is 4.69. The molecule has 0 aromatic carbocycles. The van der Waals surface area contributed by atoms with E-state index in [0.29, 0.717) is 12.6 Å². The third kappa shape index (κ3) is 2.81. The number of carbonyl (C=O) groups excluding carboxylic acids is 1. The molecule has 1 saturated heterocycles. The van der Waals surface area contributed by atoms with Crippen molar-refractivity contribution in [3.8, 4) is 0 Å². The second kappa shape index (κ2) is 6.10. The molecular weight excluding hydrogens is 272 g/mol. The van der Waals surface area contributed by atoms with Gasteiger partial charge >= 0.3 is 0 Å². The SMILES string of the molecule is CCCNC1CCCc2sc(N3CCNC(=O)C3)nc21. The second-order valence-electron chi connectivity index (χ2n) is 5.48. The Morgan fingerprint density at radius 3 is 3.25 bits per heavy atom. The van der Waals surface area contributed by atoms with Crippen LogP contribution in [0.15, 0.2) is 0 Å². The summed E-state index contributed by atoms with van der Waals surface area (Å²) in [5.74, 6) is 0.102. The summed E-state index contributed by atoms with van der Waals surface area (Å²) in [4.78, 5) is 19.9. The van der Waals surface area contributed by atoms with E-state index in [-0.39, 0.29) is 5.91 Å². The molecule has 3 rings (SSSR count). The molecule has 2 N–H and O–H groups in total. The highest BCUT2D eigenvalue weighted by molar-refractivity contribution is 7.15. The summed E-state index contributed by atoms with van der Waals surface area (Å²) < 4.78 is 0. The van der Waals surface area contributed by atoms with Crippen LogP contribution in [0.3, 0.4) is 0 Å². The van der Waals surface area contributed by atoms with E-state index in [4.69, 9.17) is 4.98 Å². The number of amides is 1. The van der Waals surface area contributed by atoms with Gasteiger partial charge < -0.3 is 15.5 Å². The number of piperazine rings is 1. The van der Waals surface area contributed by atoms with E-state index in [1.54, 1.807) is 11.3 Å². The molecule has 20 heavy (non-hydrogen) atoms. The fourth-order valence-electron chi connectivity index (χ4n) is 2.86. The van der Waals surface area contributed by atoms with Crippen molar-refractivity contribution in [3.05, 3.63) is 10.6 Å². The number of nitrogens with zero attached hydrogens (tertiary/aromatic N) is 2. The smallest absolute Gasteiger partial charge is 0.239 e. The predicted octanol–water partition coefficient (Wildman–Crippen LogP) is 1.46. The van der Waals surface area contributed by atoms with Crippen LogP contribution in [0.4, 0.5) is 5.13 Å². The summed E-state index contributed by atoms with van der Waals surface area (Å²) in [6, 6.07) is 0.405. The van der Waals surface area contributed by atoms with Crippen molar-refractivity contribution in [3.63, 3.8) is 0 Å². The molecule has 0 spiro atoms. The monoisotopic (exact) mass is 294 g/mol. The van der Waals surface area contributed by atoms with Crippen LogP contribution in [0, 0.1) is 0 Å². The fourth-order valence-corrected chi connectivity index (χ4v) is 4.05. The summed E-state index contributed by atoms with van der Waals surface area (Å²) in [5.41, 5.74) is 1.23. The van der Waals surface area contributed by atoms with E-state index < -0.39 is 0 Å². The van der Waals surface area contributed by atoms with Gasteiger partial charge in [-0.2, -0.15) is 0 Å². The molecule has 5 nitrogen and oxygen atoms in total. The quantitative estimate of drug-likeness (QED) is 0.882. The Balaban J connectivity index is 1.78. The Kier molecular flexibility index (Phi) is 4.21. The van der Waals surface area contributed by atoms with Crippen molar-refractivity contribution in [2.24, 2.45) is 0 Å². The highest BCUT2D eigenvalue weighted by Gasteiger charge is 2.27. The lowest BCUT2D eigenvalue weighted by molar-refractivity contribution is -0.120. The number of carbonyl (C=O) groups is 1. The van der Waals surface area contributed by atoms with Crippen LogP contribution in [-0.2, 0) is 11.2 Å². The first-order chi connectivity index (χ1) is 9.78. The lowest BCUT2D eigenvalue weighted by Crippen LogP contribution is -2.47. The van der Waals surface area contributed by atoms with Gasteiger partial charge in [0.05, 0.1) is 18.3 Å². The fraction of sp³-hybridized carbons (Fsp3) is 0.714. The predicted molar refractivity (Wildman–Crippen MR) is 81.3 cm³/mol. The minimum absolute atomic E-state index is 0.102. The van der Waals surface area contributed by atoms with Crippen molar-refractivity contribution in [1.29, 1.82) is 0 Å². The highest BCUT2D eigenvalue weighted by atomic mass is 32.1. The Morgan fingerprint density at radius 1 is 1.55 bits per heavy atom. The largest absolute Gasteiger partial charge is 0.353 e. The molecule has 1 atom stereocenters. The van der Waals surface area contributed by atoms with Gasteiger partial charge in [-0.15, -0.1) is 11.3 Å². The maximum absolute atomic E-state index is 11.5. The lowest BCUT2D eigenvalue weighted by atomic mass is 9.97. The van der Waals surface area contributed by atoms with E-state index >= 15 is 0 Å². The van der Waals surface area contributed by atoms with Gasteiger partial charge in [0.15, 0.2) is 5.13 Å². The summed E-state index contributed by atoms with van der Waals surface area (Å²) >= 11 is 1.78. The summed E-state index contributed by atoms with van der Waals surface area (Å²) in [7, 11) is 0. The Hall–Kier alpha value is -1.14. The summed E-state index contributed by atoms with van der Waals surface area (Å²) in [6.45, 7) is 5.27. The van der Waals surface area contributed by atoms with Gasteiger partial charge in [-0.1, -0.05) is 6.92 Å². The molecule has 0 saturated carbocycles. The van der Waals surface area contributed by atoms with Crippen LogP contribution >= 0.6 is 11.3 Å². The van der Waals surface area contributed by atoms with Gasteiger partial charge in [-0.3, -0.25) is 4.79 Å². The average Bonchev–Trinajstić information content (AvgIpc) is 2.89. The minimum atomic E-state index is 0.102. The van der Waals surface area contributed by atoms with Crippen molar-refractivity contribution in [2.45, 2.75) is 38.6 Å². The first kappa shape index (κ1) is 13.8. The number of thiazole rings is 1. The second-order valence-corrected chi connectivity index (χ2v) is 6.54. The number of hydrogen-bond acceptors (Lipinski definition) is 5.